The van der Waals surface area contributed by atoms with E-state index in [4.69, 9.17) is 0 Å². The van der Waals surface area contributed by atoms with Crippen LogP contribution in [0.5, 0.6) is 0 Å². The van der Waals surface area contributed by atoms with Crippen molar-refractivity contribution in [1.82, 2.24) is 15.3 Å². The van der Waals surface area contributed by atoms with Gasteiger partial charge in [-0.2, -0.15) is 0 Å². The molecule has 2 rings (SSSR count). The van der Waals surface area contributed by atoms with Gasteiger partial charge in [-0.1, -0.05) is 6.07 Å². The third-order valence-electron chi connectivity index (χ3n) is 3.52. The number of rotatable bonds is 6. The maximum absolute atomic E-state index is 13.4. The van der Waals surface area contributed by atoms with Gasteiger partial charge in [0.1, 0.15) is 23.3 Å². The number of nitrogens with zero attached hydrogens (tertiary/aromatic N) is 3. The molecule has 0 saturated carbocycles. The predicted molar refractivity (Wildman–Crippen MR) is 97.7 cm³/mol. The van der Waals surface area contributed by atoms with Crippen LogP contribution in [0.25, 0.3) is 0 Å². The zero-order valence-electron chi connectivity index (χ0n) is 14.9. The fourth-order valence-corrected chi connectivity index (χ4v) is 2.15. The number of aromatic nitrogens is 2. The summed E-state index contributed by atoms with van der Waals surface area (Å²) in [6.07, 6.45) is 0. The lowest BCUT2D eigenvalue weighted by molar-refractivity contribution is 0.252. The molecular formula is C17H23FN6O. The summed E-state index contributed by atoms with van der Waals surface area (Å²) in [6, 6.07) is 6.02. The molecule has 0 aliphatic carbocycles. The van der Waals surface area contributed by atoms with Crippen molar-refractivity contribution in [3.8, 4) is 0 Å². The van der Waals surface area contributed by atoms with Gasteiger partial charge in [0.25, 0.3) is 0 Å². The molecule has 3 N–H and O–H groups in total. The maximum atomic E-state index is 13.4. The Labute approximate surface area is 146 Å². The molecule has 0 fully saturated rings. The molecular weight excluding hydrogens is 323 g/mol. The van der Waals surface area contributed by atoms with Crippen LogP contribution < -0.4 is 20.9 Å². The lowest BCUT2D eigenvalue weighted by atomic mass is 10.2. The molecule has 2 amide bonds. The van der Waals surface area contributed by atoms with Crippen molar-refractivity contribution in [3.05, 3.63) is 41.5 Å². The largest absolute Gasteiger partial charge is 0.368 e. The lowest BCUT2D eigenvalue weighted by Crippen LogP contribution is -2.33. The lowest BCUT2D eigenvalue weighted by Gasteiger charge is -2.14. The van der Waals surface area contributed by atoms with Crippen LogP contribution in [0.2, 0.25) is 0 Å². The summed E-state index contributed by atoms with van der Waals surface area (Å²) in [6.45, 7) is 4.33. The molecule has 0 aliphatic rings. The Morgan fingerprint density at radius 1 is 1.20 bits per heavy atom. The van der Waals surface area contributed by atoms with Gasteiger partial charge in [-0.15, -0.1) is 0 Å². The third kappa shape index (κ3) is 5.30. The van der Waals surface area contributed by atoms with Gasteiger partial charge in [0, 0.05) is 44.5 Å². The molecule has 7 nitrogen and oxygen atoms in total. The number of benzene rings is 1. The number of amides is 2. The average Bonchev–Trinajstić information content (AvgIpc) is 2.55. The number of carbonyl (C=O) groups is 1. The summed E-state index contributed by atoms with van der Waals surface area (Å²) in [7, 11) is 3.82. The zero-order chi connectivity index (χ0) is 18.4. The van der Waals surface area contributed by atoms with Crippen molar-refractivity contribution in [2.75, 3.05) is 42.7 Å². The molecule has 0 saturated heterocycles. The normalized spacial score (nSPS) is 10.3. The smallest absolute Gasteiger partial charge is 0.319 e. The second kappa shape index (κ2) is 8.27. The first-order chi connectivity index (χ1) is 11.9. The number of hydrogen-bond donors (Lipinski definition) is 3. The number of nitrogens with one attached hydrogen (secondary N) is 3. The second-order valence-electron chi connectivity index (χ2n) is 5.77. The minimum atomic E-state index is -0.386. The van der Waals surface area contributed by atoms with Crippen molar-refractivity contribution >= 4 is 23.4 Å². The second-order valence-corrected chi connectivity index (χ2v) is 5.77. The highest BCUT2D eigenvalue weighted by molar-refractivity contribution is 5.90. The Kier molecular flexibility index (Phi) is 6.10. The molecule has 0 unspecified atom stereocenters. The molecule has 1 aromatic carbocycles. The summed E-state index contributed by atoms with van der Waals surface area (Å²) in [5, 5.41) is 8.48. The van der Waals surface area contributed by atoms with E-state index < -0.39 is 0 Å². The maximum Gasteiger partial charge on any atom is 0.319 e. The molecule has 0 radical (unpaired) electrons. The number of hydrogen-bond acceptors (Lipinski definition) is 5. The number of halogens is 1. The van der Waals surface area contributed by atoms with E-state index in [9.17, 15) is 9.18 Å². The number of carbonyl (C=O) groups excluding carboxylic acids is 1. The van der Waals surface area contributed by atoms with Crippen LogP contribution in [0.3, 0.4) is 0 Å². The molecule has 0 aliphatic heterocycles. The first-order valence-electron chi connectivity index (χ1n) is 7.93. The fraction of sp³-hybridized carbons (Fsp3) is 0.353. The van der Waals surface area contributed by atoms with Gasteiger partial charge in [0.2, 0.25) is 0 Å². The molecule has 2 aromatic rings. The molecule has 0 spiro atoms. The van der Waals surface area contributed by atoms with Crippen LogP contribution in [0.1, 0.15) is 11.4 Å². The topological polar surface area (TPSA) is 82.2 Å². The van der Waals surface area contributed by atoms with Crippen LogP contribution >= 0.6 is 0 Å². The number of aryl methyl sites for hydroxylation is 1. The Balaban J connectivity index is 1.81. The first-order valence-corrected chi connectivity index (χ1v) is 7.93. The molecule has 0 bridgehead atoms. The van der Waals surface area contributed by atoms with Crippen molar-refractivity contribution in [3.63, 3.8) is 0 Å². The molecule has 25 heavy (non-hydrogen) atoms. The van der Waals surface area contributed by atoms with Gasteiger partial charge < -0.3 is 20.9 Å². The van der Waals surface area contributed by atoms with E-state index in [0.717, 1.165) is 5.82 Å². The summed E-state index contributed by atoms with van der Waals surface area (Å²) in [4.78, 5) is 22.4. The van der Waals surface area contributed by atoms with Gasteiger partial charge in [-0.05, 0) is 26.0 Å². The fourth-order valence-electron chi connectivity index (χ4n) is 2.15. The average molecular weight is 346 g/mol. The standard InChI is InChI=1S/C17H23FN6O/c1-11-13(18)6-5-7-14(11)23-17(25)20-9-8-19-15-10-16(24(3)4)22-12(2)21-15/h5-7,10H,8-9H2,1-4H3,(H,19,21,22)(H2,20,23,25). The Morgan fingerprint density at radius 3 is 2.68 bits per heavy atom. The van der Waals surface area contributed by atoms with Crippen molar-refractivity contribution in [2.45, 2.75) is 13.8 Å². The van der Waals surface area contributed by atoms with Crippen molar-refractivity contribution in [1.29, 1.82) is 0 Å². The monoisotopic (exact) mass is 346 g/mol. The van der Waals surface area contributed by atoms with Crippen LogP contribution in [0, 0.1) is 19.7 Å². The molecule has 1 aromatic heterocycles. The molecule has 0 atom stereocenters. The van der Waals surface area contributed by atoms with Crippen molar-refractivity contribution in [2.24, 2.45) is 0 Å². The number of urea groups is 1. The van der Waals surface area contributed by atoms with E-state index in [-0.39, 0.29) is 11.8 Å². The highest BCUT2D eigenvalue weighted by Gasteiger charge is 2.07. The van der Waals surface area contributed by atoms with E-state index in [0.29, 0.717) is 36.0 Å². The third-order valence-corrected chi connectivity index (χ3v) is 3.52. The SMILES string of the molecule is Cc1nc(NCCNC(=O)Nc2cccc(F)c2C)cc(N(C)C)n1. The molecule has 1 heterocycles. The highest BCUT2D eigenvalue weighted by Crippen LogP contribution is 2.17. The summed E-state index contributed by atoms with van der Waals surface area (Å²) < 4.78 is 13.4. The summed E-state index contributed by atoms with van der Waals surface area (Å²) >= 11 is 0. The van der Waals surface area contributed by atoms with Crippen LogP contribution in [-0.2, 0) is 0 Å². The minimum Gasteiger partial charge on any atom is -0.368 e. The van der Waals surface area contributed by atoms with Gasteiger partial charge in [-0.25, -0.2) is 19.2 Å². The number of anilines is 3. The van der Waals surface area contributed by atoms with E-state index in [1.54, 1.807) is 19.1 Å². The van der Waals surface area contributed by atoms with E-state index in [1.807, 2.05) is 32.0 Å². The predicted octanol–water partition coefficient (Wildman–Crippen LogP) is 2.53. The van der Waals surface area contributed by atoms with E-state index in [1.165, 1.54) is 6.07 Å². The molecule has 134 valence electrons. The Hall–Kier alpha value is -2.90. The van der Waals surface area contributed by atoms with Crippen LogP contribution in [0.4, 0.5) is 26.5 Å². The van der Waals surface area contributed by atoms with Gasteiger partial charge >= 0.3 is 6.03 Å². The van der Waals surface area contributed by atoms with Crippen LogP contribution in [0.15, 0.2) is 24.3 Å². The molecule has 8 heteroatoms. The quantitative estimate of drug-likeness (QED) is 0.700. The zero-order valence-corrected chi connectivity index (χ0v) is 14.9. The summed E-state index contributed by atoms with van der Waals surface area (Å²) in [5.74, 6) is 1.82. The first kappa shape index (κ1) is 18.4. The van der Waals surface area contributed by atoms with Crippen molar-refractivity contribution < 1.29 is 9.18 Å². The Bertz CT molecular complexity index is 750. The van der Waals surface area contributed by atoms with Gasteiger partial charge in [0.15, 0.2) is 0 Å². The van der Waals surface area contributed by atoms with Gasteiger partial charge in [0.05, 0.1) is 0 Å². The van der Waals surface area contributed by atoms with E-state index >= 15 is 0 Å². The highest BCUT2D eigenvalue weighted by atomic mass is 19.1. The van der Waals surface area contributed by atoms with Gasteiger partial charge in [-0.3, -0.25) is 0 Å². The minimum absolute atomic E-state index is 0.352. The van der Waals surface area contributed by atoms with E-state index in [2.05, 4.69) is 25.9 Å². The van der Waals surface area contributed by atoms with Crippen LogP contribution in [-0.4, -0.2) is 43.2 Å². The Morgan fingerprint density at radius 2 is 1.96 bits per heavy atom. The summed E-state index contributed by atoms with van der Waals surface area (Å²) in [5.41, 5.74) is 0.857.